The van der Waals surface area contributed by atoms with Crippen LogP contribution in [0.25, 0.3) is 21.8 Å². The largest absolute Gasteiger partial charge is 0.511 e. The van der Waals surface area contributed by atoms with E-state index in [-0.39, 0.29) is 30.1 Å². The number of nitrogens with zero attached hydrogens (tertiary/aromatic N) is 1. The first kappa shape index (κ1) is 28.7. The number of aromatic nitrogens is 1. The van der Waals surface area contributed by atoms with E-state index in [0.29, 0.717) is 38.7 Å². The first-order chi connectivity index (χ1) is 17.5. The van der Waals surface area contributed by atoms with Crippen molar-refractivity contribution in [3.05, 3.63) is 70.8 Å². The topological polar surface area (TPSA) is 132 Å². The molecule has 1 unspecified atom stereocenters. The molecule has 0 bridgehead atoms. The maximum atomic E-state index is 13.8. The van der Waals surface area contributed by atoms with E-state index in [0.717, 1.165) is 0 Å². The van der Waals surface area contributed by atoms with Crippen LogP contribution in [0.15, 0.2) is 48.5 Å². The molecular weight excluding hydrogens is 512 g/mol. The first-order valence-electron chi connectivity index (χ1n) is 10.9. The normalized spacial score (nSPS) is 12.4. The number of carboxylic acid groups (broad SMARTS) is 1. The van der Waals surface area contributed by atoms with Gasteiger partial charge in [0.05, 0.1) is 29.0 Å². The van der Waals surface area contributed by atoms with Crippen LogP contribution in [0, 0.1) is 13.8 Å². The molecule has 2 radical (unpaired) electrons. The number of fused-ring (bicyclic) bond motifs is 2. The fraction of sp³-hybridized carbons (Fsp3) is 0.192. The van der Waals surface area contributed by atoms with Crippen LogP contribution in [0.5, 0.6) is 17.2 Å². The molecule has 0 spiro atoms. The molecule has 3 aromatic carbocycles. The molecule has 12 heteroatoms. The Balaban J connectivity index is 0.00000400. The van der Waals surface area contributed by atoms with Gasteiger partial charge in [-0.05, 0) is 61.4 Å². The molecule has 10 nitrogen and oxygen atoms in total. The highest BCUT2D eigenvalue weighted by Crippen LogP contribution is 2.43. The summed E-state index contributed by atoms with van der Waals surface area (Å²) in [5.41, 5.74) is 2.40. The third-order valence-corrected chi connectivity index (χ3v) is 6.60. The van der Waals surface area contributed by atoms with Gasteiger partial charge < -0.3 is 23.5 Å². The summed E-state index contributed by atoms with van der Waals surface area (Å²) in [6.45, 7) is 3.29. The maximum Gasteiger partial charge on any atom is 0.511 e. The molecular formula is C26H26BNO9P+. The number of hydrogen-bond acceptors (Lipinski definition) is 7. The second-order valence-electron chi connectivity index (χ2n) is 8.30. The standard InChI is InChI=1S/C25H21BNO9P.CH4/c1-13-9-15(24(28)29)10-14(2)23(13)34-25(30)22-18-11-16(33-4)5-7-20(18)27(3)21-8-6-17(12-19(21)22)35-37(31,32)36-26;/h5-12H,1-4H3,(H-,28,29,31,32);1H4/p+1. The van der Waals surface area contributed by atoms with E-state index in [1.807, 2.05) is 4.57 Å². The summed E-state index contributed by atoms with van der Waals surface area (Å²) in [4.78, 5) is 34.8. The van der Waals surface area contributed by atoms with Crippen LogP contribution in [0.2, 0.25) is 0 Å². The van der Waals surface area contributed by atoms with Gasteiger partial charge in [0.1, 0.15) is 24.3 Å². The molecule has 0 saturated carbocycles. The third kappa shape index (κ3) is 5.36. The minimum atomic E-state index is -4.58. The lowest BCUT2D eigenvalue weighted by molar-refractivity contribution is -0.617. The molecule has 0 amide bonds. The number of esters is 1. The fourth-order valence-corrected chi connectivity index (χ4v) is 4.65. The number of ether oxygens (including phenoxy) is 2. The first-order valence-corrected chi connectivity index (χ1v) is 12.4. The third-order valence-electron chi connectivity index (χ3n) is 5.89. The molecule has 0 saturated heterocycles. The molecule has 1 heterocycles. The highest BCUT2D eigenvalue weighted by atomic mass is 31.2. The number of aryl methyl sites for hydroxylation is 3. The van der Waals surface area contributed by atoms with Gasteiger partial charge in [-0.25, -0.2) is 14.2 Å². The minimum absolute atomic E-state index is 0. The molecule has 0 aliphatic rings. The van der Waals surface area contributed by atoms with Crippen LogP contribution >= 0.6 is 7.82 Å². The molecule has 196 valence electrons. The Morgan fingerprint density at radius 3 is 1.97 bits per heavy atom. The van der Waals surface area contributed by atoms with Gasteiger partial charge >= 0.3 is 27.8 Å². The van der Waals surface area contributed by atoms with Gasteiger partial charge in [0, 0.05) is 12.1 Å². The second-order valence-corrected chi connectivity index (χ2v) is 9.63. The Bertz CT molecular complexity index is 1610. The smallest absolute Gasteiger partial charge is 0.497 e. The van der Waals surface area contributed by atoms with Gasteiger partial charge in [0.15, 0.2) is 0 Å². The van der Waals surface area contributed by atoms with Crippen molar-refractivity contribution < 1.29 is 47.2 Å². The summed E-state index contributed by atoms with van der Waals surface area (Å²) >= 11 is 0. The molecule has 0 aliphatic carbocycles. The van der Waals surface area contributed by atoms with Crippen molar-refractivity contribution in [3.8, 4) is 17.2 Å². The van der Waals surface area contributed by atoms with Gasteiger partial charge in [-0.1, -0.05) is 7.43 Å². The van der Waals surface area contributed by atoms with Gasteiger partial charge in [0.25, 0.3) is 0 Å². The maximum absolute atomic E-state index is 13.8. The average Bonchev–Trinajstić information content (AvgIpc) is 2.85. The van der Waals surface area contributed by atoms with E-state index in [4.69, 9.17) is 22.0 Å². The fourth-order valence-electron chi connectivity index (χ4n) is 4.23. The van der Waals surface area contributed by atoms with Crippen LogP contribution in [-0.2, 0) is 16.1 Å². The zero-order chi connectivity index (χ0) is 27.1. The number of phosphoric acid groups is 1. The number of carboxylic acids is 1. The van der Waals surface area contributed by atoms with E-state index in [2.05, 4.69) is 4.44 Å². The molecule has 1 aromatic heterocycles. The van der Waals surface area contributed by atoms with E-state index in [1.165, 1.54) is 31.4 Å². The molecule has 2 N–H and O–H groups in total. The zero-order valence-corrected chi connectivity index (χ0v) is 21.2. The zero-order valence-electron chi connectivity index (χ0n) is 20.3. The molecule has 1 atom stereocenters. The van der Waals surface area contributed by atoms with E-state index in [9.17, 15) is 24.2 Å². The van der Waals surface area contributed by atoms with Gasteiger partial charge in [-0.2, -0.15) is 4.57 Å². The Morgan fingerprint density at radius 1 is 0.947 bits per heavy atom. The van der Waals surface area contributed by atoms with Crippen molar-refractivity contribution in [2.45, 2.75) is 21.3 Å². The highest BCUT2D eigenvalue weighted by molar-refractivity contribution is 7.48. The van der Waals surface area contributed by atoms with E-state index < -0.39 is 19.8 Å². The quantitative estimate of drug-likeness (QED) is 0.0867. The summed E-state index contributed by atoms with van der Waals surface area (Å²) in [5.74, 6) is -1.20. The van der Waals surface area contributed by atoms with Gasteiger partial charge in [-0.3, -0.25) is 4.89 Å². The number of hydrogen-bond donors (Lipinski definition) is 2. The van der Waals surface area contributed by atoms with Crippen LogP contribution < -0.4 is 18.6 Å². The van der Waals surface area contributed by atoms with E-state index >= 15 is 0 Å². The predicted molar refractivity (Wildman–Crippen MR) is 141 cm³/mol. The summed E-state index contributed by atoms with van der Waals surface area (Å²) in [6, 6.07) is 12.5. The summed E-state index contributed by atoms with van der Waals surface area (Å²) in [6.07, 6.45) is 0. The summed E-state index contributed by atoms with van der Waals surface area (Å²) < 4.78 is 33.9. The summed E-state index contributed by atoms with van der Waals surface area (Å²) in [5, 5.41) is 10.2. The number of rotatable bonds is 7. The lowest BCUT2D eigenvalue weighted by Crippen LogP contribution is -2.31. The van der Waals surface area contributed by atoms with Gasteiger partial charge in [-0.15, -0.1) is 0 Å². The Morgan fingerprint density at radius 2 is 1.47 bits per heavy atom. The van der Waals surface area contributed by atoms with Crippen molar-refractivity contribution in [1.82, 2.24) is 0 Å². The van der Waals surface area contributed by atoms with Crippen molar-refractivity contribution in [1.29, 1.82) is 0 Å². The Kier molecular flexibility index (Phi) is 8.16. The minimum Gasteiger partial charge on any atom is -0.497 e. The highest BCUT2D eigenvalue weighted by Gasteiger charge is 2.27. The Labute approximate surface area is 220 Å². The SMILES string of the molecule is C.[B]OP(=O)(O)Oc1ccc2c(c1)c(C(=O)Oc1c(C)cc(C(=O)O)cc1C)c1cc(OC)ccc1[n+]2C. The second kappa shape index (κ2) is 10.8. The number of carbonyl (C=O) groups is 2. The predicted octanol–water partition coefficient (Wildman–Crippen LogP) is 4.58. The van der Waals surface area contributed by atoms with Crippen LogP contribution in [0.3, 0.4) is 0 Å². The monoisotopic (exact) mass is 538 g/mol. The van der Waals surface area contributed by atoms with Gasteiger partial charge in [0.2, 0.25) is 11.0 Å². The molecule has 38 heavy (non-hydrogen) atoms. The average molecular weight is 538 g/mol. The lowest BCUT2D eigenvalue weighted by atomic mass is 10.0. The van der Waals surface area contributed by atoms with Crippen molar-refractivity contribution in [2.24, 2.45) is 7.05 Å². The number of pyridine rings is 1. The number of phosphoric ester groups is 1. The number of carbonyl (C=O) groups excluding carboxylic acids is 1. The number of methoxy groups -OCH3 is 1. The van der Waals surface area contributed by atoms with Crippen molar-refractivity contribution in [2.75, 3.05) is 7.11 Å². The van der Waals surface area contributed by atoms with Crippen molar-refractivity contribution >= 4 is 49.6 Å². The lowest BCUT2D eigenvalue weighted by Gasteiger charge is -2.15. The summed E-state index contributed by atoms with van der Waals surface area (Å²) in [7, 11) is 3.56. The molecule has 4 rings (SSSR count). The Hall–Kier alpha value is -3.92. The number of benzene rings is 3. The van der Waals surface area contributed by atoms with Crippen molar-refractivity contribution in [3.63, 3.8) is 0 Å². The van der Waals surface area contributed by atoms with Crippen LogP contribution in [0.4, 0.5) is 0 Å². The molecule has 0 aliphatic heterocycles. The number of aromatic carboxylic acids is 1. The molecule has 0 fully saturated rings. The van der Waals surface area contributed by atoms with Crippen LogP contribution in [0.1, 0.15) is 39.3 Å². The molecule has 4 aromatic rings. The van der Waals surface area contributed by atoms with Crippen LogP contribution in [-0.4, -0.2) is 37.1 Å². The van der Waals surface area contributed by atoms with E-state index in [1.54, 1.807) is 45.2 Å².